The number of hydrogen-bond acceptors (Lipinski definition) is 6. The van der Waals surface area contributed by atoms with Crippen LogP contribution in [0.4, 0.5) is 0 Å². The Labute approximate surface area is 168 Å². The Balaban J connectivity index is 1.67. The molecule has 1 aliphatic carbocycles. The highest BCUT2D eigenvalue weighted by Crippen LogP contribution is 2.60. The molecule has 0 aromatic heterocycles. The maximum Gasteiger partial charge on any atom is 0.265 e. The fourth-order valence-electron chi connectivity index (χ4n) is 5.19. The molecule has 4 heterocycles. The molecule has 1 saturated carbocycles. The predicted molar refractivity (Wildman–Crippen MR) is 95.9 cm³/mol. The lowest BCUT2D eigenvalue weighted by Gasteiger charge is -2.60. The third kappa shape index (κ3) is 2.88. The van der Waals surface area contributed by atoms with Crippen molar-refractivity contribution in [3.05, 3.63) is 0 Å². The van der Waals surface area contributed by atoms with Crippen LogP contribution in [0.1, 0.15) is 46.5 Å². The van der Waals surface area contributed by atoms with Gasteiger partial charge in [0, 0.05) is 18.3 Å². The smallest absolute Gasteiger partial charge is 0.265 e. The van der Waals surface area contributed by atoms with Crippen LogP contribution in [0.15, 0.2) is 0 Å². The van der Waals surface area contributed by atoms with Gasteiger partial charge in [-0.3, -0.25) is 5.41 Å². The van der Waals surface area contributed by atoms with E-state index in [1.807, 2.05) is 13.8 Å². The van der Waals surface area contributed by atoms with E-state index in [2.05, 4.69) is 6.92 Å². The largest absolute Gasteiger partial charge is 0.448 e. The average Bonchev–Trinajstić information content (AvgIpc) is 2.77. The molecule has 5 aliphatic rings. The van der Waals surface area contributed by atoms with Gasteiger partial charge in [-0.15, -0.1) is 0 Å². The number of fused-ring (bicyclic) bond motifs is 2. The van der Waals surface area contributed by atoms with Gasteiger partial charge in [-0.25, -0.2) is 9.78 Å². The minimum atomic E-state index is -1.93. The van der Waals surface area contributed by atoms with Crippen molar-refractivity contribution in [2.45, 2.75) is 74.2 Å². The number of alkyl halides is 3. The zero-order valence-corrected chi connectivity index (χ0v) is 17.2. The molecule has 0 aromatic carbocycles. The highest BCUT2D eigenvalue weighted by Gasteiger charge is 2.69. The Hall–Kier alpha value is 0.180. The van der Waals surface area contributed by atoms with Crippen LogP contribution < -0.4 is 0 Å². The molecular weight excluding hydrogens is 405 g/mol. The molecule has 5 unspecified atom stereocenters. The zero-order chi connectivity index (χ0) is 18.9. The van der Waals surface area contributed by atoms with Gasteiger partial charge in [0.25, 0.3) is 3.79 Å². The van der Waals surface area contributed by atoms with Gasteiger partial charge >= 0.3 is 0 Å². The summed E-state index contributed by atoms with van der Waals surface area (Å²) in [4.78, 5) is 11.8. The van der Waals surface area contributed by atoms with E-state index in [0.29, 0.717) is 5.92 Å². The van der Waals surface area contributed by atoms with E-state index in [9.17, 15) is 0 Å². The first kappa shape index (κ1) is 19.5. The second-order valence-corrected chi connectivity index (χ2v) is 10.5. The second-order valence-electron chi connectivity index (χ2n) is 8.22. The van der Waals surface area contributed by atoms with E-state index < -0.39 is 33.7 Å². The van der Waals surface area contributed by atoms with Gasteiger partial charge in [-0.1, -0.05) is 48.7 Å². The lowest BCUT2D eigenvalue weighted by Crippen LogP contribution is -2.70. The van der Waals surface area contributed by atoms with E-state index in [4.69, 9.17) is 64.2 Å². The van der Waals surface area contributed by atoms with Crippen LogP contribution in [0.3, 0.4) is 0 Å². The predicted octanol–water partition coefficient (Wildman–Crippen LogP) is 4.56. The minimum absolute atomic E-state index is 0.0800. The second kappa shape index (κ2) is 6.34. The summed E-state index contributed by atoms with van der Waals surface area (Å²) < 4.78 is 16.0. The number of hydrogen-bond donors (Lipinski definition) is 1. The molecule has 5 fully saturated rings. The molecule has 2 bridgehead atoms. The summed E-state index contributed by atoms with van der Waals surface area (Å²) in [5.41, 5.74) is -0.672. The topological polar surface area (TPSA) is 70.0 Å². The Morgan fingerprint density at radius 3 is 2.54 bits per heavy atom. The van der Waals surface area contributed by atoms with Gasteiger partial charge in [0.1, 0.15) is 0 Å². The molecule has 1 spiro atoms. The summed E-state index contributed by atoms with van der Waals surface area (Å²) >= 11 is 17.3. The maximum atomic E-state index is 7.90. The lowest BCUT2D eigenvalue weighted by molar-refractivity contribution is -0.576. The molecule has 0 radical (unpaired) electrons. The standard InChI is InChI=1S/C17H24Cl3NO5/c1-8-4-5-11-9(2)12(22-13(21)17(18,19)20)23-14-16(11)10(8)6-7-15(3,24-14)25-26-16/h8-12,14,21H,4-7H2,1-3H3/t8-,9?,10+,11?,12?,14?,15?,16-/m1/s1. The van der Waals surface area contributed by atoms with Crippen LogP contribution in [0.5, 0.6) is 0 Å². The van der Waals surface area contributed by atoms with E-state index in [-0.39, 0.29) is 17.8 Å². The molecule has 1 N–H and O–H groups in total. The van der Waals surface area contributed by atoms with Crippen LogP contribution in [0.2, 0.25) is 0 Å². The fraction of sp³-hybridized carbons (Fsp3) is 0.941. The first-order valence-electron chi connectivity index (χ1n) is 9.09. The molecule has 5 rings (SSSR count). The van der Waals surface area contributed by atoms with Crippen LogP contribution in [0.25, 0.3) is 0 Å². The highest BCUT2D eigenvalue weighted by atomic mass is 35.6. The summed E-state index contributed by atoms with van der Waals surface area (Å²) in [6, 6.07) is 0. The lowest BCUT2D eigenvalue weighted by atomic mass is 9.58. The fourth-order valence-corrected chi connectivity index (χ4v) is 5.32. The van der Waals surface area contributed by atoms with Crippen LogP contribution in [-0.4, -0.2) is 33.7 Å². The summed E-state index contributed by atoms with van der Waals surface area (Å²) in [5.74, 6) is -0.549. The Morgan fingerprint density at radius 1 is 1.12 bits per heavy atom. The maximum absolute atomic E-state index is 7.90. The number of halogens is 3. The molecule has 8 atom stereocenters. The number of nitrogens with one attached hydrogen (secondary N) is 1. The monoisotopic (exact) mass is 427 g/mol. The SMILES string of the molecule is CC1C(OC(=N)C(Cl)(Cl)Cl)OC2OC3(C)CC[C@H]4[C@H](C)CCC1[C@@]24OO3. The molecule has 4 saturated heterocycles. The third-order valence-corrected chi connectivity index (χ3v) is 7.10. The van der Waals surface area contributed by atoms with Gasteiger partial charge in [0.2, 0.25) is 18.0 Å². The summed E-state index contributed by atoms with van der Waals surface area (Å²) in [6.45, 7) is 6.13. The van der Waals surface area contributed by atoms with Crippen molar-refractivity contribution in [1.82, 2.24) is 0 Å². The summed E-state index contributed by atoms with van der Waals surface area (Å²) in [7, 11) is 0. The van der Waals surface area contributed by atoms with Crippen molar-refractivity contribution < 1.29 is 24.0 Å². The molecule has 148 valence electrons. The van der Waals surface area contributed by atoms with Crippen molar-refractivity contribution in [1.29, 1.82) is 5.41 Å². The third-order valence-electron chi connectivity index (χ3n) is 6.59. The van der Waals surface area contributed by atoms with Crippen molar-refractivity contribution in [3.8, 4) is 0 Å². The van der Waals surface area contributed by atoms with Crippen molar-refractivity contribution >= 4 is 40.7 Å². The van der Waals surface area contributed by atoms with Gasteiger partial charge in [0.15, 0.2) is 11.9 Å². The summed E-state index contributed by atoms with van der Waals surface area (Å²) in [5, 5.41) is 7.90. The van der Waals surface area contributed by atoms with Crippen LogP contribution in [0, 0.1) is 29.1 Å². The molecule has 26 heavy (non-hydrogen) atoms. The summed E-state index contributed by atoms with van der Waals surface area (Å²) in [6.07, 6.45) is 2.31. The van der Waals surface area contributed by atoms with Crippen LogP contribution in [-0.2, 0) is 24.0 Å². The van der Waals surface area contributed by atoms with Gasteiger partial charge in [0.05, 0.1) is 0 Å². The van der Waals surface area contributed by atoms with Crippen molar-refractivity contribution in [3.63, 3.8) is 0 Å². The molecule has 9 heteroatoms. The van der Waals surface area contributed by atoms with Crippen molar-refractivity contribution in [2.75, 3.05) is 0 Å². The Bertz CT molecular complexity index is 601. The van der Waals surface area contributed by atoms with E-state index in [1.54, 1.807) is 0 Å². The van der Waals surface area contributed by atoms with E-state index in [1.165, 1.54) is 0 Å². The Morgan fingerprint density at radius 2 is 1.85 bits per heavy atom. The first-order valence-corrected chi connectivity index (χ1v) is 10.2. The van der Waals surface area contributed by atoms with Gasteiger partial charge in [-0.2, -0.15) is 0 Å². The van der Waals surface area contributed by atoms with Gasteiger partial charge < -0.3 is 14.2 Å². The average molecular weight is 429 g/mol. The van der Waals surface area contributed by atoms with E-state index >= 15 is 0 Å². The molecular formula is C17H24Cl3NO5. The molecule has 0 aromatic rings. The van der Waals surface area contributed by atoms with Crippen molar-refractivity contribution in [2.24, 2.45) is 23.7 Å². The zero-order valence-electron chi connectivity index (χ0n) is 15.0. The van der Waals surface area contributed by atoms with E-state index in [0.717, 1.165) is 25.7 Å². The number of ether oxygens (including phenoxy) is 3. The normalized spacial score (nSPS) is 50.7. The first-order chi connectivity index (χ1) is 12.1. The van der Waals surface area contributed by atoms with Crippen LogP contribution >= 0.6 is 34.8 Å². The molecule has 6 nitrogen and oxygen atoms in total. The quantitative estimate of drug-likeness (QED) is 0.287. The number of rotatable bonds is 1. The van der Waals surface area contributed by atoms with Gasteiger partial charge in [-0.05, 0) is 38.0 Å². The molecule has 0 amide bonds. The Kier molecular flexibility index (Phi) is 4.76. The molecule has 4 aliphatic heterocycles. The minimum Gasteiger partial charge on any atom is -0.448 e. The highest BCUT2D eigenvalue weighted by molar-refractivity contribution is 6.76.